The minimum absolute atomic E-state index is 0.454. The zero-order valence-electron chi connectivity index (χ0n) is 11.1. The van der Waals surface area contributed by atoms with Gasteiger partial charge < -0.3 is 15.4 Å². The Morgan fingerprint density at radius 2 is 1.95 bits per heavy atom. The van der Waals surface area contributed by atoms with Crippen molar-refractivity contribution in [2.24, 2.45) is 5.73 Å². The van der Waals surface area contributed by atoms with Gasteiger partial charge in [-0.3, -0.25) is 0 Å². The van der Waals surface area contributed by atoms with Crippen molar-refractivity contribution in [1.29, 1.82) is 0 Å². The molecule has 0 unspecified atom stereocenters. The van der Waals surface area contributed by atoms with Crippen LogP contribution in [0, 0.1) is 0 Å². The van der Waals surface area contributed by atoms with Gasteiger partial charge in [-0.2, -0.15) is 0 Å². The van der Waals surface area contributed by atoms with Gasteiger partial charge in [-0.25, -0.2) is 0 Å². The second kappa shape index (κ2) is 6.08. The molecule has 0 amide bonds. The van der Waals surface area contributed by atoms with Crippen molar-refractivity contribution < 1.29 is 4.74 Å². The molecule has 2 rings (SSSR count). The fourth-order valence-corrected chi connectivity index (χ4v) is 2.08. The van der Waals surface area contributed by atoms with Crippen molar-refractivity contribution in [3.63, 3.8) is 0 Å². The average molecular weight is 321 g/mol. The number of hydrogen-bond acceptors (Lipinski definition) is 3. The van der Waals surface area contributed by atoms with E-state index in [1.807, 2.05) is 61.5 Å². The number of ether oxygens (including phenoxy) is 1. The highest BCUT2D eigenvalue weighted by Gasteiger charge is 2.06. The lowest BCUT2D eigenvalue weighted by molar-refractivity contribution is 0.476. The van der Waals surface area contributed by atoms with Crippen LogP contribution in [-0.2, 0) is 6.54 Å². The minimum Gasteiger partial charge on any atom is -0.457 e. The van der Waals surface area contributed by atoms with Crippen LogP contribution in [0.25, 0.3) is 0 Å². The minimum atomic E-state index is 0.454. The summed E-state index contributed by atoms with van der Waals surface area (Å²) in [6, 6.07) is 13.8. The molecule has 0 aliphatic heterocycles. The summed E-state index contributed by atoms with van der Waals surface area (Å²) in [5.74, 6) is 1.59. The first kappa shape index (κ1) is 13.9. The molecule has 19 heavy (non-hydrogen) atoms. The summed E-state index contributed by atoms with van der Waals surface area (Å²) in [5.41, 5.74) is 7.81. The van der Waals surface area contributed by atoms with E-state index in [4.69, 9.17) is 10.5 Å². The largest absolute Gasteiger partial charge is 0.457 e. The molecule has 0 saturated carbocycles. The van der Waals surface area contributed by atoms with Gasteiger partial charge in [0.15, 0.2) is 0 Å². The Bertz CT molecular complexity index is 570. The van der Waals surface area contributed by atoms with Crippen molar-refractivity contribution in [1.82, 2.24) is 0 Å². The number of nitrogens with two attached hydrogens (primary N) is 1. The van der Waals surface area contributed by atoms with Gasteiger partial charge >= 0.3 is 0 Å². The second-order valence-corrected chi connectivity index (χ2v) is 5.37. The lowest BCUT2D eigenvalue weighted by Crippen LogP contribution is -2.08. The van der Waals surface area contributed by atoms with E-state index >= 15 is 0 Å². The molecule has 0 atom stereocenters. The summed E-state index contributed by atoms with van der Waals surface area (Å²) in [4.78, 5) is 2.04. The smallest absolute Gasteiger partial charge is 0.133 e. The van der Waals surface area contributed by atoms with Gasteiger partial charge in [-0.05, 0) is 24.3 Å². The molecule has 0 aliphatic rings. The molecule has 2 N–H and O–H groups in total. The van der Waals surface area contributed by atoms with Gasteiger partial charge in [0.25, 0.3) is 0 Å². The molecule has 0 spiro atoms. The summed E-state index contributed by atoms with van der Waals surface area (Å²) in [5, 5.41) is 0. The lowest BCUT2D eigenvalue weighted by Gasteiger charge is -2.15. The fraction of sp³-hybridized carbons (Fsp3) is 0.200. The van der Waals surface area contributed by atoms with Gasteiger partial charge in [0.2, 0.25) is 0 Å². The van der Waals surface area contributed by atoms with Gasteiger partial charge in [0, 0.05) is 42.4 Å². The van der Waals surface area contributed by atoms with Crippen LogP contribution in [0.3, 0.4) is 0 Å². The van der Waals surface area contributed by atoms with Crippen molar-refractivity contribution in [2.75, 3.05) is 19.0 Å². The summed E-state index contributed by atoms with van der Waals surface area (Å²) >= 11 is 3.45. The Morgan fingerprint density at radius 1 is 1.16 bits per heavy atom. The SMILES string of the molecule is CN(C)c1cccc(Oc2cc(Br)ccc2CN)c1. The third kappa shape index (κ3) is 3.49. The molecule has 0 saturated heterocycles. The number of rotatable bonds is 4. The molecule has 0 aromatic heterocycles. The summed E-state index contributed by atoms with van der Waals surface area (Å²) in [6.07, 6.45) is 0. The van der Waals surface area contributed by atoms with E-state index in [9.17, 15) is 0 Å². The maximum Gasteiger partial charge on any atom is 0.133 e. The monoisotopic (exact) mass is 320 g/mol. The summed E-state index contributed by atoms with van der Waals surface area (Å²) in [7, 11) is 4.01. The average Bonchev–Trinajstić information content (AvgIpc) is 2.39. The predicted molar refractivity (Wildman–Crippen MR) is 82.9 cm³/mol. The van der Waals surface area contributed by atoms with Gasteiger partial charge in [-0.15, -0.1) is 0 Å². The van der Waals surface area contributed by atoms with Gasteiger partial charge in [0.1, 0.15) is 11.5 Å². The maximum absolute atomic E-state index is 5.94. The van der Waals surface area contributed by atoms with Crippen LogP contribution < -0.4 is 15.4 Å². The molecule has 2 aromatic rings. The molecule has 0 bridgehead atoms. The van der Waals surface area contributed by atoms with Crippen molar-refractivity contribution in [2.45, 2.75) is 6.54 Å². The number of benzene rings is 2. The van der Waals surface area contributed by atoms with E-state index in [2.05, 4.69) is 15.9 Å². The molecule has 4 heteroatoms. The normalized spacial score (nSPS) is 10.3. The van der Waals surface area contributed by atoms with Crippen molar-refractivity contribution in [3.05, 3.63) is 52.5 Å². The Morgan fingerprint density at radius 3 is 2.63 bits per heavy atom. The zero-order chi connectivity index (χ0) is 13.8. The standard InChI is InChI=1S/C15H17BrN2O/c1-18(2)13-4-3-5-14(9-13)19-15-8-12(16)7-6-11(15)10-17/h3-9H,10,17H2,1-2H3. The third-order valence-corrected chi connectivity index (χ3v) is 3.30. The molecule has 0 heterocycles. The lowest BCUT2D eigenvalue weighted by atomic mass is 10.2. The van der Waals surface area contributed by atoms with Crippen LogP contribution >= 0.6 is 15.9 Å². The number of hydrogen-bond donors (Lipinski definition) is 1. The first-order valence-electron chi connectivity index (χ1n) is 6.04. The van der Waals surface area contributed by atoms with Crippen LogP contribution in [0.2, 0.25) is 0 Å². The molecular weight excluding hydrogens is 304 g/mol. The summed E-state index contributed by atoms with van der Waals surface area (Å²) < 4.78 is 6.91. The van der Waals surface area contributed by atoms with Gasteiger partial charge in [-0.1, -0.05) is 28.1 Å². The van der Waals surface area contributed by atoms with Crippen LogP contribution in [-0.4, -0.2) is 14.1 Å². The highest BCUT2D eigenvalue weighted by Crippen LogP contribution is 2.30. The van der Waals surface area contributed by atoms with Crippen LogP contribution in [0.1, 0.15) is 5.56 Å². The van der Waals surface area contributed by atoms with Crippen LogP contribution in [0.15, 0.2) is 46.9 Å². The van der Waals surface area contributed by atoms with Crippen molar-refractivity contribution in [3.8, 4) is 11.5 Å². The Balaban J connectivity index is 2.30. The van der Waals surface area contributed by atoms with E-state index in [0.717, 1.165) is 27.2 Å². The zero-order valence-corrected chi connectivity index (χ0v) is 12.6. The topological polar surface area (TPSA) is 38.5 Å². The molecule has 0 fully saturated rings. The fourth-order valence-electron chi connectivity index (χ4n) is 1.74. The summed E-state index contributed by atoms with van der Waals surface area (Å²) in [6.45, 7) is 0.454. The van der Waals surface area contributed by atoms with E-state index in [1.54, 1.807) is 0 Å². The Hall–Kier alpha value is -1.52. The van der Waals surface area contributed by atoms with E-state index < -0.39 is 0 Å². The molecule has 100 valence electrons. The van der Waals surface area contributed by atoms with Crippen LogP contribution in [0.5, 0.6) is 11.5 Å². The van der Waals surface area contributed by atoms with Crippen LogP contribution in [0.4, 0.5) is 5.69 Å². The first-order valence-corrected chi connectivity index (χ1v) is 6.83. The number of halogens is 1. The van der Waals surface area contributed by atoms with E-state index in [0.29, 0.717) is 6.54 Å². The molecule has 0 aliphatic carbocycles. The van der Waals surface area contributed by atoms with E-state index in [1.165, 1.54) is 0 Å². The van der Waals surface area contributed by atoms with E-state index in [-0.39, 0.29) is 0 Å². The Labute approximate surface area is 122 Å². The third-order valence-electron chi connectivity index (χ3n) is 2.81. The Kier molecular flexibility index (Phi) is 4.45. The number of anilines is 1. The molecule has 3 nitrogen and oxygen atoms in total. The molecule has 2 aromatic carbocycles. The van der Waals surface area contributed by atoms with Crippen molar-refractivity contribution >= 4 is 21.6 Å². The predicted octanol–water partition coefficient (Wildman–Crippen LogP) is 3.77. The quantitative estimate of drug-likeness (QED) is 0.932. The molecular formula is C15H17BrN2O. The number of nitrogens with zero attached hydrogens (tertiary/aromatic N) is 1. The van der Waals surface area contributed by atoms with Gasteiger partial charge in [0.05, 0.1) is 0 Å². The maximum atomic E-state index is 5.94. The highest BCUT2D eigenvalue weighted by molar-refractivity contribution is 9.10. The first-order chi connectivity index (χ1) is 9.10. The molecule has 0 radical (unpaired) electrons. The highest BCUT2D eigenvalue weighted by atomic mass is 79.9. The second-order valence-electron chi connectivity index (χ2n) is 4.45.